The van der Waals surface area contributed by atoms with Crippen LogP contribution in [-0.4, -0.2) is 76.9 Å². The average Bonchev–Trinajstić information content (AvgIpc) is 3.37. The van der Waals surface area contributed by atoms with Crippen LogP contribution in [0.2, 0.25) is 0 Å². The fourth-order valence-electron chi connectivity index (χ4n) is 5.00. The molecule has 0 aromatic heterocycles. The zero-order chi connectivity index (χ0) is 26.4. The Morgan fingerprint density at radius 2 is 1.61 bits per heavy atom. The first-order valence-corrected chi connectivity index (χ1v) is 12.8. The van der Waals surface area contributed by atoms with Crippen LogP contribution >= 0.6 is 0 Å². The zero-order valence-corrected chi connectivity index (χ0v) is 21.9. The van der Waals surface area contributed by atoms with Gasteiger partial charge in [0.1, 0.15) is 0 Å². The monoisotopic (exact) mass is 493 g/mol. The number of piperazine rings is 1. The largest absolute Gasteiger partial charge is 0.478 e. The lowest BCUT2D eigenvalue weighted by Gasteiger charge is -2.37. The minimum absolute atomic E-state index is 0.00321. The SMILES string of the molecule is C=C/C=C(\C=C(\C)C(C)C(=O)N1CCC(c2ccccc2C(=O)O)C1)N1CCN(C(=O)C(C)C)CC1. The van der Waals surface area contributed by atoms with E-state index in [-0.39, 0.29) is 29.6 Å². The Morgan fingerprint density at radius 1 is 0.972 bits per heavy atom. The van der Waals surface area contributed by atoms with E-state index in [1.54, 1.807) is 18.2 Å². The molecule has 3 rings (SSSR count). The molecule has 2 saturated heterocycles. The van der Waals surface area contributed by atoms with Crippen LogP contribution in [0.25, 0.3) is 0 Å². The molecule has 36 heavy (non-hydrogen) atoms. The molecule has 7 nitrogen and oxygen atoms in total. The van der Waals surface area contributed by atoms with E-state index in [0.29, 0.717) is 31.7 Å². The molecule has 0 aliphatic carbocycles. The van der Waals surface area contributed by atoms with Gasteiger partial charge in [-0.3, -0.25) is 9.59 Å². The third kappa shape index (κ3) is 6.25. The highest BCUT2D eigenvalue weighted by Gasteiger charge is 2.32. The fourth-order valence-corrected chi connectivity index (χ4v) is 5.00. The van der Waals surface area contributed by atoms with Crippen molar-refractivity contribution < 1.29 is 19.5 Å². The number of hydrogen-bond acceptors (Lipinski definition) is 4. The van der Waals surface area contributed by atoms with Gasteiger partial charge in [-0.25, -0.2) is 4.79 Å². The fraction of sp³-hybridized carbons (Fsp3) is 0.483. The van der Waals surface area contributed by atoms with Crippen molar-refractivity contribution in [3.8, 4) is 0 Å². The van der Waals surface area contributed by atoms with Crippen LogP contribution in [0.3, 0.4) is 0 Å². The Morgan fingerprint density at radius 3 is 2.22 bits per heavy atom. The van der Waals surface area contributed by atoms with Gasteiger partial charge in [-0.05, 0) is 44.1 Å². The first kappa shape index (κ1) is 27.2. The second-order valence-electron chi connectivity index (χ2n) is 10.1. The van der Waals surface area contributed by atoms with Crippen molar-refractivity contribution in [3.63, 3.8) is 0 Å². The summed E-state index contributed by atoms with van der Waals surface area (Å²) in [6.07, 6.45) is 6.52. The number of nitrogens with zero attached hydrogens (tertiary/aromatic N) is 3. The van der Waals surface area contributed by atoms with E-state index < -0.39 is 5.97 Å². The molecule has 2 fully saturated rings. The zero-order valence-electron chi connectivity index (χ0n) is 21.9. The van der Waals surface area contributed by atoms with E-state index in [1.165, 1.54) is 0 Å². The number of amides is 2. The van der Waals surface area contributed by atoms with Crippen LogP contribution in [0, 0.1) is 11.8 Å². The van der Waals surface area contributed by atoms with E-state index in [9.17, 15) is 19.5 Å². The summed E-state index contributed by atoms with van der Waals surface area (Å²) in [5, 5.41) is 9.54. The Hall–Kier alpha value is -3.35. The molecule has 0 radical (unpaired) electrons. The standard InChI is InChI=1S/C29H39N3O4/c1-6-9-24(30-14-16-31(17-15-30)27(33)20(2)3)18-21(4)22(5)28(34)32-13-12-23(19-32)25-10-7-8-11-26(25)29(35)36/h6-11,18,20,22-23H,1,12-17,19H2,2-5H3,(H,35,36)/b21-18-,24-9+. The van der Waals surface area contributed by atoms with Gasteiger partial charge < -0.3 is 19.8 Å². The van der Waals surface area contributed by atoms with Gasteiger partial charge in [0.15, 0.2) is 0 Å². The second kappa shape index (κ2) is 12.1. The number of aromatic carboxylic acids is 1. The van der Waals surface area contributed by atoms with Crippen molar-refractivity contribution in [3.05, 3.63) is 71.5 Å². The number of carbonyl (C=O) groups excluding carboxylic acids is 2. The highest BCUT2D eigenvalue weighted by molar-refractivity contribution is 5.89. The van der Waals surface area contributed by atoms with E-state index in [4.69, 9.17) is 0 Å². The van der Waals surface area contributed by atoms with Crippen LogP contribution < -0.4 is 0 Å². The number of benzene rings is 1. The van der Waals surface area contributed by atoms with Crippen molar-refractivity contribution in [1.29, 1.82) is 0 Å². The minimum atomic E-state index is -0.932. The van der Waals surface area contributed by atoms with Crippen molar-refractivity contribution in [2.24, 2.45) is 11.8 Å². The summed E-state index contributed by atoms with van der Waals surface area (Å²) in [4.78, 5) is 43.3. The summed E-state index contributed by atoms with van der Waals surface area (Å²) in [5.41, 5.74) is 3.07. The molecule has 2 amide bonds. The molecule has 1 N–H and O–H groups in total. The number of rotatable bonds is 8. The molecule has 1 aromatic rings. The summed E-state index contributed by atoms with van der Waals surface area (Å²) in [6, 6.07) is 7.08. The molecule has 0 spiro atoms. The summed E-state index contributed by atoms with van der Waals surface area (Å²) >= 11 is 0. The van der Waals surface area contributed by atoms with Gasteiger partial charge in [0, 0.05) is 56.8 Å². The van der Waals surface area contributed by atoms with Crippen molar-refractivity contribution in [2.45, 2.75) is 40.0 Å². The highest BCUT2D eigenvalue weighted by Crippen LogP contribution is 2.31. The smallest absolute Gasteiger partial charge is 0.335 e. The van der Waals surface area contributed by atoms with Crippen LogP contribution in [0.15, 0.2) is 60.3 Å². The molecule has 0 bridgehead atoms. The minimum Gasteiger partial charge on any atom is -0.478 e. The lowest BCUT2D eigenvalue weighted by Crippen LogP contribution is -2.49. The third-order valence-corrected chi connectivity index (χ3v) is 7.30. The molecular formula is C29H39N3O4. The Balaban J connectivity index is 1.66. The van der Waals surface area contributed by atoms with E-state index in [0.717, 1.165) is 36.3 Å². The van der Waals surface area contributed by atoms with Crippen LogP contribution in [0.4, 0.5) is 0 Å². The first-order chi connectivity index (χ1) is 17.1. The molecule has 194 valence electrons. The molecule has 7 heteroatoms. The molecule has 2 atom stereocenters. The van der Waals surface area contributed by atoms with Crippen molar-refractivity contribution in [1.82, 2.24) is 14.7 Å². The first-order valence-electron chi connectivity index (χ1n) is 12.8. The van der Waals surface area contributed by atoms with E-state index in [1.807, 2.05) is 55.7 Å². The highest BCUT2D eigenvalue weighted by atomic mass is 16.4. The summed E-state index contributed by atoms with van der Waals surface area (Å²) in [5.74, 6) is -0.960. The quantitative estimate of drug-likeness (QED) is 0.550. The topological polar surface area (TPSA) is 81.2 Å². The summed E-state index contributed by atoms with van der Waals surface area (Å²) in [6.45, 7) is 15.6. The van der Waals surface area contributed by atoms with Gasteiger partial charge in [-0.15, -0.1) is 0 Å². The second-order valence-corrected chi connectivity index (χ2v) is 10.1. The molecule has 2 heterocycles. The number of hydrogen-bond donors (Lipinski definition) is 1. The normalized spacial score (nSPS) is 20.0. The van der Waals surface area contributed by atoms with Gasteiger partial charge in [0.25, 0.3) is 0 Å². The molecular weight excluding hydrogens is 454 g/mol. The van der Waals surface area contributed by atoms with Gasteiger partial charge in [0.05, 0.1) is 11.5 Å². The maximum atomic E-state index is 13.4. The average molecular weight is 494 g/mol. The van der Waals surface area contributed by atoms with Crippen molar-refractivity contribution in [2.75, 3.05) is 39.3 Å². The molecule has 2 unspecified atom stereocenters. The number of allylic oxidation sites excluding steroid dienone is 3. The predicted molar refractivity (Wildman–Crippen MR) is 142 cm³/mol. The third-order valence-electron chi connectivity index (χ3n) is 7.30. The molecule has 2 aliphatic heterocycles. The van der Waals surface area contributed by atoms with Gasteiger partial charge >= 0.3 is 5.97 Å². The van der Waals surface area contributed by atoms with Crippen LogP contribution in [0.1, 0.15) is 56.0 Å². The lowest BCUT2D eigenvalue weighted by atomic mass is 9.93. The van der Waals surface area contributed by atoms with E-state index in [2.05, 4.69) is 17.6 Å². The maximum Gasteiger partial charge on any atom is 0.335 e. The summed E-state index contributed by atoms with van der Waals surface area (Å²) < 4.78 is 0. The predicted octanol–water partition coefficient (Wildman–Crippen LogP) is 4.15. The number of carboxylic acid groups (broad SMARTS) is 1. The summed E-state index contributed by atoms with van der Waals surface area (Å²) in [7, 11) is 0. The Kier molecular flexibility index (Phi) is 9.13. The van der Waals surface area contributed by atoms with Gasteiger partial charge in [0.2, 0.25) is 11.8 Å². The lowest BCUT2D eigenvalue weighted by molar-refractivity contribution is -0.136. The van der Waals surface area contributed by atoms with Gasteiger partial charge in [-0.1, -0.05) is 50.3 Å². The number of carbonyl (C=O) groups is 3. The van der Waals surface area contributed by atoms with Crippen molar-refractivity contribution >= 4 is 17.8 Å². The van der Waals surface area contributed by atoms with E-state index >= 15 is 0 Å². The molecule has 2 aliphatic rings. The Bertz CT molecular complexity index is 1050. The maximum absolute atomic E-state index is 13.4. The van der Waals surface area contributed by atoms with Gasteiger partial charge in [-0.2, -0.15) is 0 Å². The Labute approximate surface area is 214 Å². The number of carboxylic acids is 1. The molecule has 1 aromatic carbocycles. The molecule has 0 saturated carbocycles. The number of likely N-dealkylation sites (tertiary alicyclic amines) is 1. The van der Waals surface area contributed by atoms with Crippen LogP contribution in [0.5, 0.6) is 0 Å². The van der Waals surface area contributed by atoms with Crippen LogP contribution in [-0.2, 0) is 9.59 Å².